The molecule has 7 nitrogen and oxygen atoms in total. The zero-order valence-corrected chi connectivity index (χ0v) is 14.0. The molecule has 130 valence electrons. The lowest BCUT2D eigenvalue weighted by atomic mass is 10.1. The Labute approximate surface area is 140 Å². The third-order valence-corrected chi connectivity index (χ3v) is 3.48. The van der Waals surface area contributed by atoms with Gasteiger partial charge in [-0.2, -0.15) is 0 Å². The summed E-state index contributed by atoms with van der Waals surface area (Å²) in [5.74, 6) is 0.260. The second kappa shape index (κ2) is 7.72. The van der Waals surface area contributed by atoms with Crippen LogP contribution in [0.4, 0.5) is 0 Å². The van der Waals surface area contributed by atoms with Gasteiger partial charge in [-0.3, -0.25) is 0 Å². The predicted octanol–water partition coefficient (Wildman–Crippen LogP) is 1.97. The van der Waals surface area contributed by atoms with Crippen LogP contribution < -0.4 is 14.2 Å². The van der Waals surface area contributed by atoms with E-state index in [2.05, 4.69) is 0 Å². The third kappa shape index (κ3) is 3.98. The Bertz CT molecular complexity index is 625. The second-order valence-electron chi connectivity index (χ2n) is 5.20. The van der Waals surface area contributed by atoms with Gasteiger partial charge in [0.2, 0.25) is 11.9 Å². The van der Waals surface area contributed by atoms with E-state index >= 15 is 0 Å². The van der Waals surface area contributed by atoms with Gasteiger partial charge in [0.05, 0.1) is 21.3 Å². The number of cyclic esters (lactones) is 1. The number of rotatable bonds is 6. The Morgan fingerprint density at radius 3 is 2.25 bits per heavy atom. The number of hydrogen-bond donors (Lipinski definition) is 0. The monoisotopic (exact) mass is 336 g/mol. The third-order valence-electron chi connectivity index (χ3n) is 3.48. The zero-order valence-electron chi connectivity index (χ0n) is 14.0. The topological polar surface area (TPSA) is 80.3 Å². The molecular weight excluding hydrogens is 316 g/mol. The Morgan fingerprint density at radius 2 is 1.79 bits per heavy atom. The van der Waals surface area contributed by atoms with E-state index in [1.807, 2.05) is 0 Å². The Morgan fingerprint density at radius 1 is 1.17 bits per heavy atom. The van der Waals surface area contributed by atoms with Crippen molar-refractivity contribution in [1.82, 2.24) is 0 Å². The number of ether oxygens (including phenoxy) is 5. The highest BCUT2D eigenvalue weighted by atomic mass is 16.6. The predicted molar refractivity (Wildman–Crippen MR) is 85.2 cm³/mol. The molecule has 0 aromatic heterocycles. The van der Waals surface area contributed by atoms with Crippen molar-refractivity contribution in [2.24, 2.45) is 0 Å². The summed E-state index contributed by atoms with van der Waals surface area (Å²) in [5.41, 5.74) is 0.656. The van der Waals surface area contributed by atoms with Crippen LogP contribution in [0.2, 0.25) is 0 Å². The molecule has 1 saturated heterocycles. The highest BCUT2D eigenvalue weighted by molar-refractivity contribution is 5.90. The normalized spacial score (nSPS) is 19.9. The molecular formula is C17H20O7. The van der Waals surface area contributed by atoms with Crippen LogP contribution in [0.15, 0.2) is 18.2 Å². The minimum absolute atomic E-state index is 0.241. The van der Waals surface area contributed by atoms with Crippen LogP contribution in [0.1, 0.15) is 18.9 Å². The van der Waals surface area contributed by atoms with Crippen molar-refractivity contribution in [3.05, 3.63) is 23.8 Å². The molecule has 2 rings (SSSR count). The molecule has 1 aromatic rings. The van der Waals surface area contributed by atoms with Crippen molar-refractivity contribution < 1.29 is 33.3 Å². The average Bonchev–Trinajstić information content (AvgIpc) is 2.88. The molecule has 0 unspecified atom stereocenters. The lowest BCUT2D eigenvalue weighted by molar-refractivity contribution is -0.157. The molecule has 7 heteroatoms. The van der Waals surface area contributed by atoms with Gasteiger partial charge in [-0.25, -0.2) is 9.59 Å². The maximum atomic E-state index is 11.9. The lowest BCUT2D eigenvalue weighted by Crippen LogP contribution is -2.21. The highest BCUT2D eigenvalue weighted by Gasteiger charge is 2.34. The van der Waals surface area contributed by atoms with Crippen molar-refractivity contribution in [3.8, 4) is 17.2 Å². The second-order valence-corrected chi connectivity index (χ2v) is 5.20. The molecule has 1 aliphatic rings. The number of carbonyl (C=O) groups is 2. The molecule has 0 saturated carbocycles. The van der Waals surface area contributed by atoms with Crippen LogP contribution in [0.25, 0.3) is 6.08 Å². The molecule has 1 aliphatic heterocycles. The van der Waals surface area contributed by atoms with Crippen molar-refractivity contribution in [3.63, 3.8) is 0 Å². The maximum Gasteiger partial charge on any atom is 0.347 e. The fraction of sp³-hybridized carbons (Fsp3) is 0.412. The molecule has 1 heterocycles. The minimum Gasteiger partial charge on any atom is -0.493 e. The smallest absolute Gasteiger partial charge is 0.347 e. The van der Waals surface area contributed by atoms with E-state index in [9.17, 15) is 9.59 Å². The summed E-state index contributed by atoms with van der Waals surface area (Å²) in [6.07, 6.45) is 2.04. The molecule has 0 bridgehead atoms. The summed E-state index contributed by atoms with van der Waals surface area (Å²) >= 11 is 0. The van der Waals surface area contributed by atoms with Gasteiger partial charge < -0.3 is 23.7 Å². The van der Waals surface area contributed by atoms with E-state index in [1.54, 1.807) is 19.1 Å². The summed E-state index contributed by atoms with van der Waals surface area (Å²) in [4.78, 5) is 23.3. The van der Waals surface area contributed by atoms with Gasteiger partial charge in [-0.05, 0) is 30.7 Å². The Balaban J connectivity index is 2.10. The summed E-state index contributed by atoms with van der Waals surface area (Å²) in [7, 11) is 4.52. The van der Waals surface area contributed by atoms with E-state index in [0.717, 1.165) is 0 Å². The highest BCUT2D eigenvalue weighted by Crippen LogP contribution is 2.38. The first-order chi connectivity index (χ1) is 11.5. The number of carbonyl (C=O) groups excluding carboxylic acids is 2. The minimum atomic E-state index is -0.850. The molecule has 24 heavy (non-hydrogen) atoms. The van der Waals surface area contributed by atoms with Crippen molar-refractivity contribution in [1.29, 1.82) is 0 Å². The van der Waals surface area contributed by atoms with Crippen LogP contribution in [-0.2, 0) is 19.1 Å². The van der Waals surface area contributed by atoms with Crippen LogP contribution in [0.3, 0.4) is 0 Å². The molecule has 1 aromatic carbocycles. The van der Waals surface area contributed by atoms with Crippen molar-refractivity contribution in [2.45, 2.75) is 25.6 Å². The van der Waals surface area contributed by atoms with E-state index in [1.165, 1.54) is 33.5 Å². The average molecular weight is 336 g/mol. The van der Waals surface area contributed by atoms with Crippen LogP contribution in [0, 0.1) is 0 Å². The standard InChI is InChI=1S/C17H20O7/c1-10-7-14(17(19)23-10)24-15(18)6-5-11-8-12(20-2)16(22-4)13(9-11)21-3/h5-6,8-10,14H,7H2,1-4H3/b6-5+/t10-,14+/m0/s1. The van der Waals surface area contributed by atoms with Crippen LogP contribution >= 0.6 is 0 Å². The largest absolute Gasteiger partial charge is 0.493 e. The fourth-order valence-corrected chi connectivity index (χ4v) is 2.36. The van der Waals surface area contributed by atoms with Gasteiger partial charge in [0.1, 0.15) is 6.10 Å². The van der Waals surface area contributed by atoms with E-state index in [4.69, 9.17) is 23.7 Å². The first-order valence-corrected chi connectivity index (χ1v) is 7.37. The Hall–Kier alpha value is -2.70. The summed E-state index contributed by atoms with van der Waals surface area (Å²) < 4.78 is 25.7. The number of esters is 2. The van der Waals surface area contributed by atoms with E-state index in [-0.39, 0.29) is 6.10 Å². The number of methoxy groups -OCH3 is 3. The van der Waals surface area contributed by atoms with Crippen LogP contribution in [-0.4, -0.2) is 45.5 Å². The molecule has 2 atom stereocenters. The van der Waals surface area contributed by atoms with Crippen molar-refractivity contribution in [2.75, 3.05) is 21.3 Å². The fourth-order valence-electron chi connectivity index (χ4n) is 2.36. The van der Waals surface area contributed by atoms with Gasteiger partial charge in [0, 0.05) is 12.5 Å². The van der Waals surface area contributed by atoms with Gasteiger partial charge in [0.25, 0.3) is 0 Å². The molecule has 1 fully saturated rings. The summed E-state index contributed by atoms with van der Waals surface area (Å²) in [5, 5.41) is 0. The lowest BCUT2D eigenvalue weighted by Gasteiger charge is -2.12. The Kier molecular flexibility index (Phi) is 5.68. The molecule has 0 N–H and O–H groups in total. The molecule has 0 spiro atoms. The summed E-state index contributed by atoms with van der Waals surface area (Å²) in [6, 6.07) is 3.38. The first-order valence-electron chi connectivity index (χ1n) is 7.37. The quantitative estimate of drug-likeness (QED) is 0.580. The van der Waals surface area contributed by atoms with Crippen LogP contribution in [0.5, 0.6) is 17.2 Å². The molecule has 0 aliphatic carbocycles. The van der Waals surface area contributed by atoms with Gasteiger partial charge in [-0.15, -0.1) is 0 Å². The molecule has 0 amide bonds. The SMILES string of the molecule is COc1cc(/C=C/C(=O)O[C@@H]2C[C@H](C)OC2=O)cc(OC)c1OC. The zero-order chi connectivity index (χ0) is 17.7. The van der Waals surface area contributed by atoms with Crippen molar-refractivity contribution >= 4 is 18.0 Å². The number of hydrogen-bond acceptors (Lipinski definition) is 7. The summed E-state index contributed by atoms with van der Waals surface area (Å²) in [6.45, 7) is 1.75. The number of benzene rings is 1. The molecule has 0 radical (unpaired) electrons. The van der Waals surface area contributed by atoms with Gasteiger partial charge >= 0.3 is 11.9 Å². The van der Waals surface area contributed by atoms with Gasteiger partial charge in [-0.1, -0.05) is 0 Å². The van der Waals surface area contributed by atoms with Gasteiger partial charge in [0.15, 0.2) is 11.5 Å². The van der Waals surface area contributed by atoms with E-state index < -0.39 is 18.0 Å². The van der Waals surface area contributed by atoms with E-state index in [0.29, 0.717) is 29.2 Å². The first kappa shape index (κ1) is 17.7. The maximum absolute atomic E-state index is 11.9.